The van der Waals surface area contributed by atoms with Crippen LogP contribution in [0.4, 0.5) is 0 Å². The molecular formula is C17H23NO4. The Morgan fingerprint density at radius 3 is 2.73 bits per heavy atom. The van der Waals surface area contributed by atoms with Crippen molar-refractivity contribution in [2.24, 2.45) is 0 Å². The number of aliphatic carboxylic acids is 1. The summed E-state index contributed by atoms with van der Waals surface area (Å²) in [5.41, 5.74) is 1.24. The molecule has 0 unspecified atom stereocenters. The molecule has 1 aromatic rings. The molecule has 0 aromatic heterocycles. The van der Waals surface area contributed by atoms with E-state index in [1.54, 1.807) is 0 Å². The molecule has 0 radical (unpaired) electrons. The first-order valence-corrected chi connectivity index (χ1v) is 7.82. The van der Waals surface area contributed by atoms with Gasteiger partial charge < -0.3 is 14.7 Å². The summed E-state index contributed by atoms with van der Waals surface area (Å²) in [6, 6.07) is 9.48. The number of hydrogen-bond acceptors (Lipinski definition) is 3. The fraction of sp³-hybridized carbons (Fsp3) is 0.529. The largest absolute Gasteiger partial charge is 0.480 e. The predicted octanol–water partition coefficient (Wildman–Crippen LogP) is 2.10. The SMILES string of the molecule is O=C(O)[C@@H]1CCCN1C(=O)CCCOCCc1ccccc1. The van der Waals surface area contributed by atoms with Gasteiger partial charge in [0.15, 0.2) is 0 Å². The van der Waals surface area contributed by atoms with E-state index in [0.29, 0.717) is 39.0 Å². The number of carboxylic acids is 1. The molecule has 5 heteroatoms. The lowest BCUT2D eigenvalue weighted by Crippen LogP contribution is -2.40. The van der Waals surface area contributed by atoms with Gasteiger partial charge in [-0.25, -0.2) is 4.79 Å². The van der Waals surface area contributed by atoms with E-state index < -0.39 is 12.0 Å². The molecular weight excluding hydrogens is 282 g/mol. The van der Waals surface area contributed by atoms with Gasteiger partial charge in [-0.05, 0) is 31.2 Å². The van der Waals surface area contributed by atoms with Gasteiger partial charge in [0.05, 0.1) is 6.61 Å². The van der Waals surface area contributed by atoms with Crippen LogP contribution in [0.2, 0.25) is 0 Å². The van der Waals surface area contributed by atoms with Crippen molar-refractivity contribution in [3.63, 3.8) is 0 Å². The fourth-order valence-corrected chi connectivity index (χ4v) is 2.73. The molecule has 2 rings (SSSR count). The maximum absolute atomic E-state index is 12.0. The second-order valence-electron chi connectivity index (χ2n) is 5.53. The number of rotatable bonds is 8. The first-order valence-electron chi connectivity index (χ1n) is 7.82. The first-order chi connectivity index (χ1) is 10.7. The van der Waals surface area contributed by atoms with Crippen molar-refractivity contribution in [1.82, 2.24) is 4.90 Å². The molecule has 1 N–H and O–H groups in total. The number of carbonyl (C=O) groups excluding carboxylic acids is 1. The van der Waals surface area contributed by atoms with Gasteiger partial charge in [-0.3, -0.25) is 4.79 Å². The number of likely N-dealkylation sites (tertiary alicyclic amines) is 1. The Kier molecular flexibility index (Phi) is 6.40. The minimum Gasteiger partial charge on any atom is -0.480 e. The van der Waals surface area contributed by atoms with Crippen molar-refractivity contribution < 1.29 is 19.4 Å². The summed E-state index contributed by atoms with van der Waals surface area (Å²) in [7, 11) is 0. The molecule has 1 saturated heterocycles. The van der Waals surface area contributed by atoms with Crippen LogP contribution in [0.5, 0.6) is 0 Å². The molecule has 0 saturated carbocycles. The molecule has 1 heterocycles. The third-order valence-electron chi connectivity index (χ3n) is 3.92. The van der Waals surface area contributed by atoms with Gasteiger partial charge in [0.25, 0.3) is 0 Å². The van der Waals surface area contributed by atoms with Crippen molar-refractivity contribution in [2.75, 3.05) is 19.8 Å². The van der Waals surface area contributed by atoms with E-state index in [4.69, 9.17) is 9.84 Å². The Morgan fingerprint density at radius 1 is 1.23 bits per heavy atom. The number of carbonyl (C=O) groups is 2. The third-order valence-corrected chi connectivity index (χ3v) is 3.92. The Bertz CT molecular complexity index is 489. The Labute approximate surface area is 130 Å². The van der Waals surface area contributed by atoms with E-state index >= 15 is 0 Å². The highest BCUT2D eigenvalue weighted by Crippen LogP contribution is 2.18. The number of amides is 1. The smallest absolute Gasteiger partial charge is 0.326 e. The lowest BCUT2D eigenvalue weighted by atomic mass is 10.2. The molecule has 120 valence electrons. The molecule has 0 spiro atoms. The highest BCUT2D eigenvalue weighted by molar-refractivity contribution is 5.84. The van der Waals surface area contributed by atoms with Crippen molar-refractivity contribution >= 4 is 11.9 Å². The third kappa shape index (κ3) is 4.84. The van der Waals surface area contributed by atoms with Gasteiger partial charge in [0.1, 0.15) is 6.04 Å². The quantitative estimate of drug-likeness (QED) is 0.747. The van der Waals surface area contributed by atoms with Crippen LogP contribution < -0.4 is 0 Å². The van der Waals surface area contributed by atoms with Crippen molar-refractivity contribution in [3.8, 4) is 0 Å². The highest BCUT2D eigenvalue weighted by Gasteiger charge is 2.33. The van der Waals surface area contributed by atoms with E-state index in [0.717, 1.165) is 12.8 Å². The Balaban J connectivity index is 1.58. The van der Waals surface area contributed by atoms with E-state index in [1.807, 2.05) is 18.2 Å². The number of carboxylic acid groups (broad SMARTS) is 1. The number of hydrogen-bond donors (Lipinski definition) is 1. The summed E-state index contributed by atoms with van der Waals surface area (Å²) in [4.78, 5) is 24.6. The zero-order valence-electron chi connectivity index (χ0n) is 12.7. The molecule has 1 fully saturated rings. The van der Waals surface area contributed by atoms with Gasteiger partial charge in [-0.2, -0.15) is 0 Å². The van der Waals surface area contributed by atoms with Crippen LogP contribution in [0.1, 0.15) is 31.2 Å². The van der Waals surface area contributed by atoms with Gasteiger partial charge in [0.2, 0.25) is 5.91 Å². The lowest BCUT2D eigenvalue weighted by Gasteiger charge is -2.21. The average molecular weight is 305 g/mol. The van der Waals surface area contributed by atoms with Crippen LogP contribution in [0.15, 0.2) is 30.3 Å². The number of benzene rings is 1. The van der Waals surface area contributed by atoms with Crippen LogP contribution in [0.3, 0.4) is 0 Å². The predicted molar refractivity (Wildman–Crippen MR) is 82.6 cm³/mol. The Hall–Kier alpha value is -1.88. The summed E-state index contributed by atoms with van der Waals surface area (Å²) in [5, 5.41) is 9.06. The molecule has 0 aliphatic carbocycles. The van der Waals surface area contributed by atoms with E-state index in [2.05, 4.69) is 12.1 Å². The number of ether oxygens (including phenoxy) is 1. The molecule has 1 amide bonds. The van der Waals surface area contributed by atoms with Crippen LogP contribution in [-0.2, 0) is 20.7 Å². The topological polar surface area (TPSA) is 66.8 Å². The van der Waals surface area contributed by atoms with Gasteiger partial charge in [-0.1, -0.05) is 30.3 Å². The monoisotopic (exact) mass is 305 g/mol. The maximum atomic E-state index is 12.0. The molecule has 1 atom stereocenters. The number of nitrogens with zero attached hydrogens (tertiary/aromatic N) is 1. The summed E-state index contributed by atoms with van der Waals surface area (Å²) in [5.74, 6) is -0.971. The first kappa shape index (κ1) is 16.5. The maximum Gasteiger partial charge on any atom is 0.326 e. The molecule has 22 heavy (non-hydrogen) atoms. The minimum absolute atomic E-state index is 0.0726. The zero-order chi connectivity index (χ0) is 15.8. The summed E-state index contributed by atoms with van der Waals surface area (Å²) in [6.45, 7) is 1.73. The fourth-order valence-electron chi connectivity index (χ4n) is 2.73. The van der Waals surface area contributed by atoms with Crippen LogP contribution in [0, 0.1) is 0 Å². The second-order valence-corrected chi connectivity index (χ2v) is 5.53. The molecule has 0 bridgehead atoms. The van der Waals surface area contributed by atoms with Crippen LogP contribution in [-0.4, -0.2) is 47.7 Å². The summed E-state index contributed by atoms with van der Waals surface area (Å²) in [6.07, 6.45) is 3.19. The highest BCUT2D eigenvalue weighted by atomic mass is 16.5. The second kappa shape index (κ2) is 8.54. The van der Waals surface area contributed by atoms with Crippen LogP contribution in [0.25, 0.3) is 0 Å². The normalized spacial score (nSPS) is 17.6. The van der Waals surface area contributed by atoms with Gasteiger partial charge >= 0.3 is 5.97 Å². The van der Waals surface area contributed by atoms with Crippen molar-refractivity contribution in [1.29, 1.82) is 0 Å². The van der Waals surface area contributed by atoms with Crippen LogP contribution >= 0.6 is 0 Å². The van der Waals surface area contributed by atoms with E-state index in [9.17, 15) is 9.59 Å². The van der Waals surface area contributed by atoms with Crippen molar-refractivity contribution in [3.05, 3.63) is 35.9 Å². The van der Waals surface area contributed by atoms with Gasteiger partial charge in [0, 0.05) is 19.6 Å². The Morgan fingerprint density at radius 2 is 2.00 bits per heavy atom. The van der Waals surface area contributed by atoms with Gasteiger partial charge in [-0.15, -0.1) is 0 Å². The van der Waals surface area contributed by atoms with E-state index in [1.165, 1.54) is 10.5 Å². The molecule has 1 aromatic carbocycles. The molecule has 5 nitrogen and oxygen atoms in total. The summed E-state index contributed by atoms with van der Waals surface area (Å²) < 4.78 is 5.54. The standard InChI is InChI=1S/C17H23NO4/c19-16(18-11-4-8-15(18)17(20)21)9-5-12-22-13-10-14-6-2-1-3-7-14/h1-3,6-7,15H,4-5,8-13H2,(H,20,21)/t15-/m0/s1. The minimum atomic E-state index is -0.898. The average Bonchev–Trinajstić information content (AvgIpc) is 3.01. The van der Waals surface area contributed by atoms with E-state index in [-0.39, 0.29) is 5.91 Å². The van der Waals surface area contributed by atoms with Crippen molar-refractivity contribution in [2.45, 2.75) is 38.1 Å². The zero-order valence-corrected chi connectivity index (χ0v) is 12.7. The molecule has 1 aliphatic rings. The molecule has 1 aliphatic heterocycles. The summed E-state index contributed by atoms with van der Waals surface area (Å²) >= 11 is 0. The lowest BCUT2D eigenvalue weighted by molar-refractivity contribution is -0.148.